The summed E-state index contributed by atoms with van der Waals surface area (Å²) in [6.07, 6.45) is 27.8. The van der Waals surface area contributed by atoms with Crippen molar-refractivity contribution in [3.05, 3.63) is 33.6 Å². The van der Waals surface area contributed by atoms with Gasteiger partial charge in [-0.05, 0) is 195 Å². The molecule has 0 aromatic rings. The Balaban J connectivity index is 0.926. The smallest absolute Gasteiger partial charge is 0.176 e. The van der Waals surface area contributed by atoms with Crippen molar-refractivity contribution in [3.63, 3.8) is 0 Å². The maximum Gasteiger partial charge on any atom is 0.176 e. The third kappa shape index (κ3) is 6.56. The van der Waals surface area contributed by atoms with Crippen molar-refractivity contribution in [1.82, 2.24) is 0 Å². The average Bonchev–Trinajstić information content (AvgIpc) is 3.77. The number of rotatable bonds is 10. The number of fused-ring (bicyclic) bond motifs is 10. The largest absolute Gasteiger partial charge is 0.484 e. The lowest BCUT2D eigenvalue weighted by Crippen LogP contribution is -2.62. The molecule has 1 heterocycles. The van der Waals surface area contributed by atoms with Gasteiger partial charge in [-0.3, -0.25) is 4.79 Å². The normalized spacial score (nSPS) is 44.4. The Bertz CT molecular complexity index is 1770. The Morgan fingerprint density at radius 2 is 1.00 bits per heavy atom. The van der Waals surface area contributed by atoms with Crippen LogP contribution in [0.1, 0.15) is 224 Å². The average molecular weight is 821 g/mol. The van der Waals surface area contributed by atoms with E-state index in [9.17, 15) is 4.79 Å². The fourth-order valence-electron chi connectivity index (χ4n) is 18.5. The standard InChI is InChI=1S/C58H92O2/c1-35(2)37(5)13-15-39(7)44-20-22-46-41-17-19-48-43-25-34-58(60-51(43)28-32-56(48,11)49(41)26-30-54(44,46)9)52-24-18-42-47-23-21-45(40(8)16-14-38(6)36(3)4)55(47,10)31-27-50(42)57(52,12)33-29-53(58)59/h35-40,44-45,48-50,52H,13-34H2,1-12H3. The third-order valence-corrected chi connectivity index (χ3v) is 23.0. The van der Waals surface area contributed by atoms with E-state index < -0.39 is 5.60 Å². The summed E-state index contributed by atoms with van der Waals surface area (Å²) in [5, 5.41) is 0. The molecule has 0 saturated heterocycles. The van der Waals surface area contributed by atoms with Gasteiger partial charge >= 0.3 is 0 Å². The molecule has 1 aliphatic heterocycles. The van der Waals surface area contributed by atoms with Gasteiger partial charge in [0.1, 0.15) is 0 Å². The van der Waals surface area contributed by atoms with E-state index in [4.69, 9.17) is 4.74 Å². The molecule has 9 rings (SSSR count). The minimum atomic E-state index is -0.576. The van der Waals surface area contributed by atoms with E-state index >= 15 is 0 Å². The third-order valence-electron chi connectivity index (χ3n) is 23.0. The molecule has 2 nitrogen and oxygen atoms in total. The summed E-state index contributed by atoms with van der Waals surface area (Å²) in [5.41, 5.74) is 10.1. The molecule has 5 fully saturated rings. The van der Waals surface area contributed by atoms with Crippen LogP contribution in [0.2, 0.25) is 0 Å². The fraction of sp³-hybridized carbons (Fsp3) is 0.879. The molecule has 8 aliphatic carbocycles. The van der Waals surface area contributed by atoms with Crippen LogP contribution in [-0.2, 0) is 9.53 Å². The van der Waals surface area contributed by atoms with E-state index in [1.54, 1.807) is 5.57 Å². The van der Waals surface area contributed by atoms with E-state index in [0.717, 1.165) is 91.8 Å². The SMILES string of the molecule is CC(C)C(C)CCC(C)C1CCC2=C3CCC4C5=C(CCC4(C)C3CCC21C)OC1(CC5)C(=O)CCC2(C)C3CCC4(C)C(=C3CCC12)CCC4C(C)CCC(C)C(C)C. The van der Waals surface area contributed by atoms with Gasteiger partial charge in [-0.2, -0.15) is 0 Å². The first kappa shape index (κ1) is 43.9. The number of Topliss-reactive ketones (excluding diaryl/α,β-unsaturated/α-hetero) is 1. The van der Waals surface area contributed by atoms with Crippen molar-refractivity contribution in [2.24, 2.45) is 92.7 Å². The number of carbonyl (C=O) groups is 1. The van der Waals surface area contributed by atoms with Crippen molar-refractivity contribution in [1.29, 1.82) is 0 Å². The van der Waals surface area contributed by atoms with E-state index in [1.807, 2.05) is 22.3 Å². The molecule has 0 N–H and O–H groups in total. The number of carbonyl (C=O) groups excluding carboxylic acids is 1. The molecular weight excluding hydrogens is 729 g/mol. The van der Waals surface area contributed by atoms with Crippen molar-refractivity contribution in [3.8, 4) is 0 Å². The summed E-state index contributed by atoms with van der Waals surface area (Å²) in [7, 11) is 0. The van der Waals surface area contributed by atoms with Gasteiger partial charge < -0.3 is 4.74 Å². The van der Waals surface area contributed by atoms with Crippen LogP contribution in [0.5, 0.6) is 0 Å². The van der Waals surface area contributed by atoms with Crippen LogP contribution in [0.3, 0.4) is 0 Å². The van der Waals surface area contributed by atoms with Gasteiger partial charge in [0.2, 0.25) is 0 Å². The lowest BCUT2D eigenvalue weighted by molar-refractivity contribution is -0.182. The second-order valence-corrected chi connectivity index (χ2v) is 25.9. The van der Waals surface area contributed by atoms with Gasteiger partial charge in [0.05, 0.1) is 5.76 Å². The zero-order valence-electron chi connectivity index (χ0n) is 41.3. The van der Waals surface area contributed by atoms with Gasteiger partial charge in [0.25, 0.3) is 0 Å². The molecule has 15 atom stereocenters. The Morgan fingerprint density at radius 3 is 1.55 bits per heavy atom. The summed E-state index contributed by atoms with van der Waals surface area (Å²) in [6.45, 7) is 30.6. The minimum absolute atomic E-state index is 0.178. The highest BCUT2D eigenvalue weighted by atomic mass is 16.5. The van der Waals surface area contributed by atoms with Crippen LogP contribution in [0, 0.1) is 92.7 Å². The summed E-state index contributed by atoms with van der Waals surface area (Å²) in [4.78, 5) is 14.6. The molecule has 0 bridgehead atoms. The fourth-order valence-corrected chi connectivity index (χ4v) is 18.5. The second kappa shape index (κ2) is 15.7. The predicted octanol–water partition coefficient (Wildman–Crippen LogP) is 16.4. The number of hydrogen-bond acceptors (Lipinski definition) is 2. The molecule has 0 aromatic carbocycles. The molecule has 5 saturated carbocycles. The second-order valence-electron chi connectivity index (χ2n) is 25.9. The molecule has 15 unspecified atom stereocenters. The number of hydrogen-bond donors (Lipinski definition) is 0. The Kier molecular flexibility index (Phi) is 11.5. The number of ketones is 1. The summed E-state index contributed by atoms with van der Waals surface area (Å²) >= 11 is 0. The topological polar surface area (TPSA) is 26.3 Å². The number of ether oxygens (including phenoxy) is 1. The minimum Gasteiger partial charge on any atom is -0.484 e. The molecule has 336 valence electrons. The molecule has 0 radical (unpaired) electrons. The van der Waals surface area contributed by atoms with Gasteiger partial charge in [0, 0.05) is 18.8 Å². The van der Waals surface area contributed by atoms with Gasteiger partial charge in [-0.25, -0.2) is 0 Å². The van der Waals surface area contributed by atoms with E-state index in [-0.39, 0.29) is 5.41 Å². The molecular formula is C58H92O2. The molecule has 1 spiro atoms. The molecule has 0 amide bonds. The van der Waals surface area contributed by atoms with Crippen molar-refractivity contribution in [2.45, 2.75) is 230 Å². The van der Waals surface area contributed by atoms with Crippen LogP contribution in [-0.4, -0.2) is 11.4 Å². The van der Waals surface area contributed by atoms with Gasteiger partial charge in [0.15, 0.2) is 11.4 Å². The van der Waals surface area contributed by atoms with Crippen molar-refractivity contribution in [2.75, 3.05) is 0 Å². The molecule has 0 aromatic heterocycles. The highest BCUT2D eigenvalue weighted by Crippen LogP contribution is 2.71. The Hall–Kier alpha value is -1.31. The predicted molar refractivity (Wildman–Crippen MR) is 251 cm³/mol. The first-order valence-corrected chi connectivity index (χ1v) is 26.8. The monoisotopic (exact) mass is 821 g/mol. The quantitative estimate of drug-likeness (QED) is 0.205. The summed E-state index contributed by atoms with van der Waals surface area (Å²) < 4.78 is 7.58. The highest BCUT2D eigenvalue weighted by Gasteiger charge is 2.66. The zero-order valence-corrected chi connectivity index (χ0v) is 41.3. The summed E-state index contributed by atoms with van der Waals surface area (Å²) in [6, 6.07) is 0. The van der Waals surface area contributed by atoms with Crippen LogP contribution in [0.25, 0.3) is 0 Å². The van der Waals surface area contributed by atoms with Gasteiger partial charge in [-0.15, -0.1) is 0 Å². The van der Waals surface area contributed by atoms with Crippen LogP contribution in [0.15, 0.2) is 33.6 Å². The van der Waals surface area contributed by atoms with E-state index in [1.165, 1.54) is 108 Å². The van der Waals surface area contributed by atoms with Crippen molar-refractivity contribution >= 4 is 5.78 Å². The zero-order chi connectivity index (χ0) is 42.7. The van der Waals surface area contributed by atoms with E-state index in [0.29, 0.717) is 39.8 Å². The lowest BCUT2D eigenvalue weighted by atomic mass is 9.44. The van der Waals surface area contributed by atoms with Crippen LogP contribution >= 0.6 is 0 Å². The van der Waals surface area contributed by atoms with Crippen LogP contribution in [0.4, 0.5) is 0 Å². The van der Waals surface area contributed by atoms with E-state index in [2.05, 4.69) is 83.1 Å². The molecule has 2 heteroatoms. The number of allylic oxidation sites excluding steroid dienone is 6. The maximum absolute atomic E-state index is 14.6. The highest BCUT2D eigenvalue weighted by molar-refractivity contribution is 5.89. The first-order valence-electron chi connectivity index (χ1n) is 26.8. The molecule has 9 aliphatic rings. The first-order chi connectivity index (χ1) is 28.4. The van der Waals surface area contributed by atoms with Crippen LogP contribution < -0.4 is 0 Å². The molecule has 60 heavy (non-hydrogen) atoms. The maximum atomic E-state index is 14.6. The summed E-state index contributed by atoms with van der Waals surface area (Å²) in [5.74, 6) is 10.8. The van der Waals surface area contributed by atoms with Crippen molar-refractivity contribution < 1.29 is 9.53 Å². The Labute approximate surface area is 370 Å². The Morgan fingerprint density at radius 1 is 0.500 bits per heavy atom. The lowest BCUT2D eigenvalue weighted by Gasteiger charge is -2.62. The van der Waals surface area contributed by atoms with Gasteiger partial charge in [-0.1, -0.05) is 131 Å².